The molecule has 1 aromatic rings. The predicted octanol–water partition coefficient (Wildman–Crippen LogP) is 1.14. The Morgan fingerprint density at radius 1 is 1.60 bits per heavy atom. The van der Waals surface area contributed by atoms with E-state index >= 15 is 0 Å². The summed E-state index contributed by atoms with van der Waals surface area (Å²) in [5.74, 6) is -0.565. The summed E-state index contributed by atoms with van der Waals surface area (Å²) in [7, 11) is 1.32. The van der Waals surface area contributed by atoms with Crippen LogP contribution < -0.4 is 0 Å². The first-order chi connectivity index (χ1) is 9.61. The van der Waals surface area contributed by atoms with E-state index in [1.807, 2.05) is 0 Å². The van der Waals surface area contributed by atoms with Crippen molar-refractivity contribution in [2.24, 2.45) is 0 Å². The van der Waals surface area contributed by atoms with E-state index in [2.05, 4.69) is 9.72 Å². The highest BCUT2D eigenvalue weighted by Crippen LogP contribution is 2.18. The molecule has 2 rings (SSSR count). The molecule has 1 aliphatic heterocycles. The Kier molecular flexibility index (Phi) is 4.92. The van der Waals surface area contributed by atoms with E-state index in [0.29, 0.717) is 30.3 Å². The monoisotopic (exact) mass is 298 g/mol. The van der Waals surface area contributed by atoms with Crippen LogP contribution in [0.25, 0.3) is 0 Å². The number of hydrogen-bond acceptors (Lipinski definition) is 5. The molecule has 0 N–H and O–H groups in total. The molecule has 0 aliphatic carbocycles. The SMILES string of the molecule is COC(=O)CC1CN(C(=O)c2cnccc2Cl)CCO1. The molecule has 0 saturated carbocycles. The molecule has 1 amide bonds. The highest BCUT2D eigenvalue weighted by atomic mass is 35.5. The fourth-order valence-corrected chi connectivity index (χ4v) is 2.19. The third-order valence-corrected chi connectivity index (χ3v) is 3.38. The number of methoxy groups -OCH3 is 1. The first kappa shape index (κ1) is 14.7. The van der Waals surface area contributed by atoms with Gasteiger partial charge in [0.15, 0.2) is 0 Å². The van der Waals surface area contributed by atoms with Crippen LogP contribution in [-0.4, -0.2) is 54.7 Å². The zero-order chi connectivity index (χ0) is 14.5. The number of rotatable bonds is 3. The van der Waals surface area contributed by atoms with Gasteiger partial charge in [0.05, 0.1) is 36.8 Å². The maximum Gasteiger partial charge on any atom is 0.308 e. The third kappa shape index (κ3) is 3.46. The van der Waals surface area contributed by atoms with Gasteiger partial charge >= 0.3 is 5.97 Å². The Balaban J connectivity index is 2.03. The first-order valence-corrected chi connectivity index (χ1v) is 6.57. The molecule has 108 valence electrons. The molecule has 1 atom stereocenters. The van der Waals surface area contributed by atoms with Gasteiger partial charge in [-0.1, -0.05) is 11.6 Å². The number of esters is 1. The fraction of sp³-hybridized carbons (Fsp3) is 0.462. The van der Waals surface area contributed by atoms with Gasteiger partial charge in [0.25, 0.3) is 5.91 Å². The minimum Gasteiger partial charge on any atom is -0.469 e. The number of nitrogens with zero attached hydrogens (tertiary/aromatic N) is 2. The standard InChI is InChI=1S/C13H15ClN2O4/c1-19-12(17)6-9-8-16(4-5-20-9)13(18)10-7-15-3-2-11(10)14/h2-3,7,9H,4-6,8H2,1H3. The molecule has 1 aliphatic rings. The quantitative estimate of drug-likeness (QED) is 0.783. The highest BCUT2D eigenvalue weighted by Gasteiger charge is 2.27. The number of pyridine rings is 1. The Hall–Kier alpha value is -1.66. The van der Waals surface area contributed by atoms with Gasteiger partial charge in [-0.25, -0.2) is 0 Å². The zero-order valence-electron chi connectivity index (χ0n) is 11.0. The molecule has 2 heterocycles. The van der Waals surface area contributed by atoms with Crippen LogP contribution >= 0.6 is 11.6 Å². The molecular formula is C13H15ClN2O4. The van der Waals surface area contributed by atoms with Crippen LogP contribution in [0.1, 0.15) is 16.8 Å². The van der Waals surface area contributed by atoms with Gasteiger partial charge in [0.1, 0.15) is 0 Å². The number of aromatic nitrogens is 1. The fourth-order valence-electron chi connectivity index (χ4n) is 2.00. The Bertz CT molecular complexity index is 509. The van der Waals surface area contributed by atoms with Gasteiger partial charge in [-0.2, -0.15) is 0 Å². The smallest absolute Gasteiger partial charge is 0.308 e. The molecular weight excluding hydrogens is 284 g/mol. The lowest BCUT2D eigenvalue weighted by molar-refractivity contribution is -0.145. The molecule has 7 heteroatoms. The highest BCUT2D eigenvalue weighted by molar-refractivity contribution is 6.33. The minimum absolute atomic E-state index is 0.126. The summed E-state index contributed by atoms with van der Waals surface area (Å²) in [6.45, 7) is 1.17. The Labute approximate surface area is 121 Å². The van der Waals surface area contributed by atoms with E-state index in [-0.39, 0.29) is 24.4 Å². The van der Waals surface area contributed by atoms with Gasteiger partial charge in [-0.15, -0.1) is 0 Å². The van der Waals surface area contributed by atoms with Crippen molar-refractivity contribution in [3.05, 3.63) is 29.0 Å². The van der Waals surface area contributed by atoms with Gasteiger partial charge in [-0.05, 0) is 6.07 Å². The number of halogens is 1. The Morgan fingerprint density at radius 3 is 3.10 bits per heavy atom. The van der Waals surface area contributed by atoms with Crippen LogP contribution in [0.3, 0.4) is 0 Å². The van der Waals surface area contributed by atoms with E-state index in [1.165, 1.54) is 19.5 Å². The molecule has 20 heavy (non-hydrogen) atoms. The average Bonchev–Trinajstić information content (AvgIpc) is 2.47. The van der Waals surface area contributed by atoms with Crippen molar-refractivity contribution in [3.8, 4) is 0 Å². The maximum absolute atomic E-state index is 12.4. The second kappa shape index (κ2) is 6.67. The summed E-state index contributed by atoms with van der Waals surface area (Å²) in [6, 6.07) is 1.57. The van der Waals surface area contributed by atoms with E-state index in [0.717, 1.165) is 0 Å². The summed E-state index contributed by atoms with van der Waals surface area (Å²) < 4.78 is 10.1. The molecule has 6 nitrogen and oxygen atoms in total. The number of morpholine rings is 1. The molecule has 0 aromatic carbocycles. The van der Waals surface area contributed by atoms with Gasteiger partial charge in [0, 0.05) is 25.5 Å². The maximum atomic E-state index is 12.4. The summed E-state index contributed by atoms with van der Waals surface area (Å²) in [5, 5.41) is 0.362. The van der Waals surface area contributed by atoms with Crippen LogP contribution in [0.2, 0.25) is 5.02 Å². The normalized spacial score (nSPS) is 18.7. The van der Waals surface area contributed by atoms with Crippen molar-refractivity contribution in [1.82, 2.24) is 9.88 Å². The van der Waals surface area contributed by atoms with E-state index in [9.17, 15) is 9.59 Å². The largest absolute Gasteiger partial charge is 0.469 e. The zero-order valence-corrected chi connectivity index (χ0v) is 11.8. The average molecular weight is 299 g/mol. The predicted molar refractivity (Wildman–Crippen MR) is 71.5 cm³/mol. The third-order valence-electron chi connectivity index (χ3n) is 3.05. The number of carbonyl (C=O) groups excluding carboxylic acids is 2. The summed E-state index contributed by atoms with van der Waals surface area (Å²) in [6.07, 6.45) is 2.74. The van der Waals surface area contributed by atoms with Gasteiger partial charge < -0.3 is 14.4 Å². The van der Waals surface area contributed by atoms with Crippen LogP contribution in [0.5, 0.6) is 0 Å². The molecule has 0 spiro atoms. The van der Waals surface area contributed by atoms with Crippen LogP contribution in [0.15, 0.2) is 18.5 Å². The molecule has 1 saturated heterocycles. The molecule has 0 bridgehead atoms. The van der Waals surface area contributed by atoms with E-state index in [4.69, 9.17) is 16.3 Å². The van der Waals surface area contributed by atoms with Gasteiger partial charge in [-0.3, -0.25) is 14.6 Å². The summed E-state index contributed by atoms with van der Waals surface area (Å²) >= 11 is 5.99. The first-order valence-electron chi connectivity index (χ1n) is 6.19. The minimum atomic E-state index is -0.358. The lowest BCUT2D eigenvalue weighted by atomic mass is 10.1. The second-order valence-corrected chi connectivity index (χ2v) is 4.79. The van der Waals surface area contributed by atoms with E-state index < -0.39 is 0 Å². The van der Waals surface area contributed by atoms with Crippen molar-refractivity contribution >= 4 is 23.5 Å². The summed E-state index contributed by atoms with van der Waals surface area (Å²) in [4.78, 5) is 29.1. The van der Waals surface area contributed by atoms with Crippen molar-refractivity contribution in [2.45, 2.75) is 12.5 Å². The Morgan fingerprint density at radius 2 is 2.40 bits per heavy atom. The molecule has 1 fully saturated rings. The van der Waals surface area contributed by atoms with Crippen molar-refractivity contribution < 1.29 is 19.1 Å². The topological polar surface area (TPSA) is 68.7 Å². The number of amides is 1. The second-order valence-electron chi connectivity index (χ2n) is 4.38. The lowest BCUT2D eigenvalue weighted by Gasteiger charge is -2.32. The van der Waals surface area contributed by atoms with Gasteiger partial charge in [0.2, 0.25) is 0 Å². The van der Waals surface area contributed by atoms with Crippen LogP contribution in [-0.2, 0) is 14.3 Å². The number of hydrogen-bond donors (Lipinski definition) is 0. The number of ether oxygens (including phenoxy) is 2. The molecule has 1 unspecified atom stereocenters. The van der Waals surface area contributed by atoms with E-state index in [1.54, 1.807) is 11.0 Å². The van der Waals surface area contributed by atoms with Crippen LogP contribution in [0, 0.1) is 0 Å². The van der Waals surface area contributed by atoms with Crippen molar-refractivity contribution in [2.75, 3.05) is 26.8 Å². The molecule has 0 radical (unpaired) electrons. The summed E-state index contributed by atoms with van der Waals surface area (Å²) in [5.41, 5.74) is 0.355. The van der Waals surface area contributed by atoms with Crippen LogP contribution in [0.4, 0.5) is 0 Å². The lowest BCUT2D eigenvalue weighted by Crippen LogP contribution is -2.46. The van der Waals surface area contributed by atoms with Crippen molar-refractivity contribution in [3.63, 3.8) is 0 Å². The van der Waals surface area contributed by atoms with Crippen molar-refractivity contribution in [1.29, 1.82) is 0 Å². The number of carbonyl (C=O) groups is 2. The molecule has 1 aromatic heterocycles.